The van der Waals surface area contributed by atoms with Crippen LogP contribution in [0.5, 0.6) is 0 Å². The summed E-state index contributed by atoms with van der Waals surface area (Å²) in [6.07, 6.45) is 4.51. The van der Waals surface area contributed by atoms with Gasteiger partial charge in [-0.15, -0.1) is 0 Å². The standard InChI is InChI=1S/C26H50O8/c1-6-11-15-29-20-21-23(31-16-12-7-2)24(32-17-13-8-3)25(33-18-14-9-4)26(28,34-21)19-22(27)30-10-5/h21,23-25,28H,6-20H2,1-5H3/t21-,23-,24+,25-,26+/m1/s1. The first-order valence-corrected chi connectivity index (χ1v) is 13.5. The summed E-state index contributed by atoms with van der Waals surface area (Å²) in [6.45, 7) is 12.6. The van der Waals surface area contributed by atoms with Crippen LogP contribution < -0.4 is 0 Å². The van der Waals surface area contributed by atoms with Gasteiger partial charge in [0.15, 0.2) is 0 Å². The lowest BCUT2D eigenvalue weighted by Crippen LogP contribution is -2.68. The van der Waals surface area contributed by atoms with Gasteiger partial charge in [0.1, 0.15) is 30.8 Å². The first kappa shape index (κ1) is 31.3. The van der Waals surface area contributed by atoms with Crippen LogP contribution in [0.2, 0.25) is 0 Å². The van der Waals surface area contributed by atoms with Crippen LogP contribution in [0.3, 0.4) is 0 Å². The van der Waals surface area contributed by atoms with E-state index < -0.39 is 36.2 Å². The van der Waals surface area contributed by atoms with Crippen LogP contribution in [0.15, 0.2) is 0 Å². The Balaban J connectivity index is 3.25. The fourth-order valence-corrected chi connectivity index (χ4v) is 3.86. The van der Waals surface area contributed by atoms with E-state index in [9.17, 15) is 9.90 Å². The van der Waals surface area contributed by atoms with Crippen molar-refractivity contribution < 1.29 is 38.3 Å². The highest BCUT2D eigenvalue weighted by Gasteiger charge is 2.57. The molecular formula is C26H50O8. The van der Waals surface area contributed by atoms with Gasteiger partial charge in [-0.25, -0.2) is 0 Å². The maximum atomic E-state index is 12.4. The summed E-state index contributed by atoms with van der Waals surface area (Å²) in [4.78, 5) is 12.4. The Morgan fingerprint density at radius 1 is 0.794 bits per heavy atom. The van der Waals surface area contributed by atoms with E-state index in [1.54, 1.807) is 6.92 Å². The molecule has 8 heteroatoms. The Labute approximate surface area is 206 Å². The Bertz CT molecular complexity index is 517. The van der Waals surface area contributed by atoms with Gasteiger partial charge in [-0.2, -0.15) is 0 Å². The molecule has 0 spiro atoms. The van der Waals surface area contributed by atoms with Gasteiger partial charge in [-0.3, -0.25) is 4.79 Å². The molecule has 0 amide bonds. The third-order valence-corrected chi connectivity index (χ3v) is 5.83. The maximum Gasteiger partial charge on any atom is 0.311 e. The molecule has 1 fully saturated rings. The van der Waals surface area contributed by atoms with Crippen molar-refractivity contribution in [1.29, 1.82) is 0 Å². The largest absolute Gasteiger partial charge is 0.466 e. The second kappa shape index (κ2) is 18.5. The molecule has 8 nitrogen and oxygen atoms in total. The van der Waals surface area contributed by atoms with Gasteiger partial charge < -0.3 is 33.5 Å². The predicted octanol–water partition coefficient (Wildman–Crippen LogP) is 4.40. The van der Waals surface area contributed by atoms with Gasteiger partial charge in [-0.05, 0) is 32.6 Å². The minimum absolute atomic E-state index is 0.221. The molecule has 1 heterocycles. The molecule has 0 aromatic carbocycles. The number of esters is 1. The molecule has 1 N–H and O–H groups in total. The second-order valence-electron chi connectivity index (χ2n) is 8.93. The van der Waals surface area contributed by atoms with Crippen LogP contribution in [0, 0.1) is 0 Å². The molecule has 1 aliphatic heterocycles. The zero-order valence-electron chi connectivity index (χ0n) is 22.2. The van der Waals surface area contributed by atoms with E-state index in [0.717, 1.165) is 51.4 Å². The zero-order chi connectivity index (χ0) is 25.2. The quantitative estimate of drug-likeness (QED) is 0.198. The number of hydrogen-bond donors (Lipinski definition) is 1. The monoisotopic (exact) mass is 490 g/mol. The summed E-state index contributed by atoms with van der Waals surface area (Å²) < 4.78 is 36.0. The predicted molar refractivity (Wildman–Crippen MR) is 131 cm³/mol. The van der Waals surface area contributed by atoms with Crippen LogP contribution in [0.4, 0.5) is 0 Å². The van der Waals surface area contributed by atoms with E-state index in [0.29, 0.717) is 26.4 Å². The summed E-state index contributed by atoms with van der Waals surface area (Å²) in [6, 6.07) is 0. The number of carbonyl (C=O) groups is 1. The van der Waals surface area contributed by atoms with Crippen molar-refractivity contribution in [1.82, 2.24) is 0 Å². The average Bonchev–Trinajstić information content (AvgIpc) is 2.80. The van der Waals surface area contributed by atoms with E-state index in [-0.39, 0.29) is 19.6 Å². The van der Waals surface area contributed by atoms with Crippen molar-refractivity contribution >= 4 is 5.97 Å². The first-order valence-electron chi connectivity index (χ1n) is 13.5. The highest BCUT2D eigenvalue weighted by Crippen LogP contribution is 2.37. The summed E-state index contributed by atoms with van der Waals surface area (Å²) >= 11 is 0. The van der Waals surface area contributed by atoms with Gasteiger partial charge in [0, 0.05) is 26.4 Å². The van der Waals surface area contributed by atoms with E-state index in [1.807, 2.05) is 0 Å². The highest BCUT2D eigenvalue weighted by atomic mass is 16.7. The van der Waals surface area contributed by atoms with E-state index in [1.165, 1.54) is 0 Å². The third kappa shape index (κ3) is 10.9. The lowest BCUT2D eigenvalue weighted by atomic mass is 9.89. The van der Waals surface area contributed by atoms with Gasteiger partial charge >= 0.3 is 5.97 Å². The normalized spacial score (nSPS) is 27.1. The number of unbranched alkanes of at least 4 members (excludes halogenated alkanes) is 4. The van der Waals surface area contributed by atoms with Crippen molar-refractivity contribution in [2.24, 2.45) is 0 Å². The molecular weight excluding hydrogens is 440 g/mol. The number of carbonyl (C=O) groups excluding carboxylic acids is 1. The fourth-order valence-electron chi connectivity index (χ4n) is 3.86. The molecule has 0 radical (unpaired) electrons. The molecule has 34 heavy (non-hydrogen) atoms. The SMILES string of the molecule is CCCCOC[C@H]1O[C@@](O)(CC(=O)OCC)[C@H](OCCCC)[C@@H](OCCCC)[C@@H]1OCCCC. The van der Waals surface area contributed by atoms with Crippen molar-refractivity contribution in [2.75, 3.05) is 39.6 Å². The van der Waals surface area contributed by atoms with Crippen LogP contribution in [0.25, 0.3) is 0 Å². The summed E-state index contributed by atoms with van der Waals surface area (Å²) in [5.74, 6) is -2.45. The number of rotatable bonds is 20. The summed E-state index contributed by atoms with van der Waals surface area (Å²) in [5.41, 5.74) is 0. The maximum absolute atomic E-state index is 12.4. The van der Waals surface area contributed by atoms with Crippen LogP contribution in [-0.2, 0) is 33.2 Å². The minimum atomic E-state index is -1.90. The van der Waals surface area contributed by atoms with Crippen molar-refractivity contribution in [3.63, 3.8) is 0 Å². The Hall–Kier alpha value is -0.770. The molecule has 0 bridgehead atoms. The summed E-state index contributed by atoms with van der Waals surface area (Å²) in [5, 5.41) is 11.7. The molecule has 202 valence electrons. The molecule has 0 saturated carbocycles. The van der Waals surface area contributed by atoms with Crippen LogP contribution in [-0.4, -0.2) is 80.9 Å². The molecule has 1 aliphatic rings. The Kier molecular flexibility index (Phi) is 17.0. The Morgan fingerprint density at radius 3 is 1.88 bits per heavy atom. The van der Waals surface area contributed by atoms with E-state index in [2.05, 4.69) is 27.7 Å². The highest BCUT2D eigenvalue weighted by molar-refractivity contribution is 5.70. The smallest absolute Gasteiger partial charge is 0.311 e. The van der Waals surface area contributed by atoms with Crippen molar-refractivity contribution in [3.05, 3.63) is 0 Å². The fraction of sp³-hybridized carbons (Fsp3) is 0.962. The lowest BCUT2D eigenvalue weighted by Gasteiger charge is -2.50. The molecule has 1 saturated heterocycles. The Morgan fingerprint density at radius 2 is 1.32 bits per heavy atom. The zero-order valence-corrected chi connectivity index (χ0v) is 22.2. The topological polar surface area (TPSA) is 92.7 Å². The molecule has 0 unspecified atom stereocenters. The van der Waals surface area contributed by atoms with Crippen molar-refractivity contribution in [3.8, 4) is 0 Å². The summed E-state index contributed by atoms with van der Waals surface area (Å²) in [7, 11) is 0. The number of ether oxygens (including phenoxy) is 6. The lowest BCUT2D eigenvalue weighted by molar-refractivity contribution is -0.366. The van der Waals surface area contributed by atoms with Gasteiger partial charge in [-0.1, -0.05) is 53.4 Å². The second-order valence-corrected chi connectivity index (χ2v) is 8.93. The van der Waals surface area contributed by atoms with Gasteiger partial charge in [0.25, 0.3) is 0 Å². The molecule has 0 aromatic rings. The van der Waals surface area contributed by atoms with Gasteiger partial charge in [0.2, 0.25) is 5.79 Å². The first-order chi connectivity index (χ1) is 16.5. The number of hydrogen-bond acceptors (Lipinski definition) is 8. The van der Waals surface area contributed by atoms with Crippen LogP contribution in [0.1, 0.15) is 92.4 Å². The van der Waals surface area contributed by atoms with Crippen molar-refractivity contribution in [2.45, 2.75) is 123 Å². The molecule has 1 rings (SSSR count). The van der Waals surface area contributed by atoms with Gasteiger partial charge in [0.05, 0.1) is 13.2 Å². The van der Waals surface area contributed by atoms with E-state index in [4.69, 9.17) is 28.4 Å². The van der Waals surface area contributed by atoms with E-state index >= 15 is 0 Å². The molecule has 0 aliphatic carbocycles. The van der Waals surface area contributed by atoms with Crippen LogP contribution >= 0.6 is 0 Å². The third-order valence-electron chi connectivity index (χ3n) is 5.83. The molecule has 5 atom stereocenters. The molecule has 0 aromatic heterocycles. The average molecular weight is 491 g/mol. The minimum Gasteiger partial charge on any atom is -0.466 e. The number of aliphatic hydroxyl groups is 1.